The van der Waals surface area contributed by atoms with Gasteiger partial charge in [-0.05, 0) is 0 Å². The van der Waals surface area contributed by atoms with Crippen molar-refractivity contribution in [3.8, 4) is 0 Å². The molecule has 0 aliphatic carbocycles. The van der Waals surface area contributed by atoms with Gasteiger partial charge in [-0.1, -0.05) is 49.1 Å². The van der Waals surface area contributed by atoms with Gasteiger partial charge in [0.25, 0.3) is 0 Å². The summed E-state index contributed by atoms with van der Waals surface area (Å²) < 4.78 is 0.992. The fraction of sp³-hybridized carbons (Fsp3) is 0.538. The summed E-state index contributed by atoms with van der Waals surface area (Å²) in [7, 11) is 5.57. The molecule has 1 rings (SSSR count). The Morgan fingerprint density at radius 1 is 0.938 bits per heavy atom. The Hall–Kier alpha value is 0.127. The molecule has 92 valence electrons. The molecule has 0 N–H and O–H groups in total. The first-order valence-corrected chi connectivity index (χ1v) is 9.08. The lowest BCUT2D eigenvalue weighted by Gasteiger charge is -2.24. The van der Waals surface area contributed by atoms with Crippen molar-refractivity contribution in [2.75, 3.05) is 21.1 Å². The molecule has 0 aliphatic heterocycles. The zero-order valence-corrected chi connectivity index (χ0v) is 14.5. The Labute approximate surface area is 118 Å². The van der Waals surface area contributed by atoms with Gasteiger partial charge in [0.1, 0.15) is 6.54 Å². The van der Waals surface area contributed by atoms with Crippen LogP contribution in [0.4, 0.5) is 0 Å². The molecule has 1 aromatic carbocycles. The van der Waals surface area contributed by atoms with Crippen LogP contribution in [0.1, 0.15) is 5.56 Å². The topological polar surface area (TPSA) is 0 Å². The molecule has 0 atom stereocenters. The minimum atomic E-state index is -1.12. The van der Waals surface area contributed by atoms with E-state index in [-0.39, 0.29) is 24.0 Å². The van der Waals surface area contributed by atoms with Gasteiger partial charge in [-0.2, -0.15) is 0 Å². The number of hydrogen-bond donors (Lipinski definition) is 0. The number of hydrogen-bond acceptors (Lipinski definition) is 0. The van der Waals surface area contributed by atoms with Gasteiger partial charge in [-0.15, -0.1) is 0 Å². The van der Waals surface area contributed by atoms with Crippen molar-refractivity contribution in [3.63, 3.8) is 0 Å². The first-order valence-electron chi connectivity index (χ1n) is 5.58. The third-order valence-electron chi connectivity index (χ3n) is 2.48. The zero-order chi connectivity index (χ0) is 11.7. The van der Waals surface area contributed by atoms with Crippen molar-refractivity contribution < 1.29 is 28.5 Å². The first kappa shape index (κ1) is 16.1. The molecule has 0 amide bonds. The highest BCUT2D eigenvalue weighted by Crippen LogP contribution is 2.08. The van der Waals surface area contributed by atoms with E-state index in [0.717, 1.165) is 11.0 Å². The van der Waals surface area contributed by atoms with Crippen molar-refractivity contribution in [1.29, 1.82) is 0 Å². The number of benzene rings is 1. The van der Waals surface area contributed by atoms with Crippen LogP contribution in [-0.4, -0.2) is 33.7 Å². The molecule has 3 heteroatoms. The Balaban J connectivity index is 0.00000225. The summed E-state index contributed by atoms with van der Waals surface area (Å²) in [4.78, 5) is 0. The van der Waals surface area contributed by atoms with Gasteiger partial charge < -0.3 is 28.5 Å². The molecule has 0 bridgehead atoms. The largest absolute Gasteiger partial charge is 1.00 e. The monoisotopic (exact) mass is 349 g/mol. The first-order chi connectivity index (χ1) is 6.68. The lowest BCUT2D eigenvalue weighted by Crippen LogP contribution is -3.00. The second-order valence-electron chi connectivity index (χ2n) is 6.40. The Kier molecular flexibility index (Phi) is 5.69. The van der Waals surface area contributed by atoms with Gasteiger partial charge in [0.05, 0.1) is 29.2 Å². The molecule has 0 heterocycles. The highest BCUT2D eigenvalue weighted by molar-refractivity contribution is 6.88. The van der Waals surface area contributed by atoms with Crippen LogP contribution in [0.5, 0.6) is 0 Å². The SMILES string of the molecule is C[N+](C)(C)Cc1ccc([Si](C)(C)C)cc1.[I-]. The van der Waals surface area contributed by atoms with Crippen molar-refractivity contribution in [1.82, 2.24) is 0 Å². The van der Waals surface area contributed by atoms with Crippen LogP contribution in [0.25, 0.3) is 0 Å². The summed E-state index contributed by atoms with van der Waals surface area (Å²) in [6, 6.07) is 9.21. The molecule has 0 saturated heterocycles. The van der Waals surface area contributed by atoms with Gasteiger partial charge in [0.2, 0.25) is 0 Å². The maximum absolute atomic E-state index is 2.39. The van der Waals surface area contributed by atoms with E-state index in [1.165, 1.54) is 5.56 Å². The van der Waals surface area contributed by atoms with Gasteiger partial charge in [-0.3, -0.25) is 0 Å². The minimum absolute atomic E-state index is 0. The molecule has 1 aromatic rings. The summed E-state index contributed by atoms with van der Waals surface area (Å²) in [5, 5.41) is 1.55. The third-order valence-corrected chi connectivity index (χ3v) is 4.54. The zero-order valence-electron chi connectivity index (χ0n) is 11.3. The summed E-state index contributed by atoms with van der Waals surface area (Å²) >= 11 is 0. The molecule has 0 unspecified atom stereocenters. The molecular weight excluding hydrogens is 325 g/mol. The van der Waals surface area contributed by atoms with Crippen molar-refractivity contribution in [2.24, 2.45) is 0 Å². The molecule has 0 aliphatic rings. The van der Waals surface area contributed by atoms with Crippen LogP contribution in [0, 0.1) is 0 Å². The number of nitrogens with zero attached hydrogens (tertiary/aromatic N) is 1. The highest BCUT2D eigenvalue weighted by Gasteiger charge is 2.16. The van der Waals surface area contributed by atoms with E-state index in [0.29, 0.717) is 0 Å². The van der Waals surface area contributed by atoms with E-state index in [4.69, 9.17) is 0 Å². The third kappa shape index (κ3) is 5.45. The Morgan fingerprint density at radius 2 is 1.38 bits per heavy atom. The Bertz CT molecular complexity index is 319. The summed E-state index contributed by atoms with van der Waals surface area (Å²) in [6.07, 6.45) is 0. The van der Waals surface area contributed by atoms with Crippen LogP contribution in [-0.2, 0) is 6.54 Å². The summed E-state index contributed by atoms with van der Waals surface area (Å²) in [5.41, 5.74) is 1.43. The van der Waals surface area contributed by atoms with Crippen LogP contribution in [0.15, 0.2) is 24.3 Å². The van der Waals surface area contributed by atoms with Crippen molar-refractivity contribution in [2.45, 2.75) is 26.2 Å². The van der Waals surface area contributed by atoms with E-state index in [1.54, 1.807) is 5.19 Å². The van der Waals surface area contributed by atoms with Gasteiger partial charge >= 0.3 is 0 Å². The second kappa shape index (κ2) is 5.64. The molecule has 16 heavy (non-hydrogen) atoms. The summed E-state index contributed by atoms with van der Waals surface area (Å²) in [6.45, 7) is 8.28. The van der Waals surface area contributed by atoms with E-state index in [1.807, 2.05) is 0 Å². The standard InChI is InChI=1S/C13H24NSi.HI/c1-14(2,3)11-12-7-9-13(10-8-12)15(4,5)6;/h7-10H,11H2,1-6H3;1H/q+1;/p-1. The van der Waals surface area contributed by atoms with Crippen molar-refractivity contribution >= 4 is 13.3 Å². The lowest BCUT2D eigenvalue weighted by molar-refractivity contribution is -0.884. The average molecular weight is 349 g/mol. The van der Waals surface area contributed by atoms with E-state index in [2.05, 4.69) is 65.0 Å². The van der Waals surface area contributed by atoms with Crippen LogP contribution in [0.2, 0.25) is 19.6 Å². The molecule has 0 aromatic heterocycles. The fourth-order valence-electron chi connectivity index (χ4n) is 1.66. The molecule has 0 saturated carbocycles. The smallest absolute Gasteiger partial charge is 0.104 e. The molecule has 0 spiro atoms. The number of halogens is 1. The lowest BCUT2D eigenvalue weighted by atomic mass is 10.2. The summed E-state index contributed by atoms with van der Waals surface area (Å²) in [5.74, 6) is 0. The molecular formula is C13H24INSi. The van der Waals surface area contributed by atoms with E-state index >= 15 is 0 Å². The number of rotatable bonds is 3. The predicted octanol–water partition coefficient (Wildman–Crippen LogP) is -0.558. The van der Waals surface area contributed by atoms with Gasteiger partial charge in [0.15, 0.2) is 0 Å². The minimum Gasteiger partial charge on any atom is -1.00 e. The van der Waals surface area contributed by atoms with Gasteiger partial charge in [0, 0.05) is 5.56 Å². The predicted molar refractivity (Wildman–Crippen MR) is 71.2 cm³/mol. The fourth-order valence-corrected chi connectivity index (χ4v) is 2.82. The molecule has 0 fully saturated rings. The maximum Gasteiger partial charge on any atom is 0.104 e. The van der Waals surface area contributed by atoms with E-state index in [9.17, 15) is 0 Å². The average Bonchev–Trinajstić information content (AvgIpc) is 2.00. The Morgan fingerprint density at radius 3 is 1.69 bits per heavy atom. The normalized spacial score (nSPS) is 12.1. The highest BCUT2D eigenvalue weighted by atomic mass is 127. The quantitative estimate of drug-likeness (QED) is 0.390. The van der Waals surface area contributed by atoms with Crippen LogP contribution >= 0.6 is 0 Å². The number of quaternary nitrogens is 1. The van der Waals surface area contributed by atoms with Crippen LogP contribution in [0.3, 0.4) is 0 Å². The van der Waals surface area contributed by atoms with Gasteiger partial charge in [-0.25, -0.2) is 0 Å². The second-order valence-corrected chi connectivity index (χ2v) is 11.5. The van der Waals surface area contributed by atoms with Crippen LogP contribution < -0.4 is 29.2 Å². The maximum atomic E-state index is 2.39. The van der Waals surface area contributed by atoms with Crippen molar-refractivity contribution in [3.05, 3.63) is 29.8 Å². The molecule has 1 nitrogen and oxygen atoms in total. The van der Waals surface area contributed by atoms with E-state index < -0.39 is 8.07 Å². The molecule has 0 radical (unpaired) electrons.